The van der Waals surface area contributed by atoms with Gasteiger partial charge in [0.2, 0.25) is 0 Å². The summed E-state index contributed by atoms with van der Waals surface area (Å²) in [6, 6.07) is 24.7. The highest BCUT2D eigenvalue weighted by molar-refractivity contribution is 7.10. The van der Waals surface area contributed by atoms with E-state index in [-0.39, 0.29) is 17.5 Å². The molecule has 1 saturated carbocycles. The fraction of sp³-hybridized carbons (Fsp3) is 0.278. The Morgan fingerprint density at radius 3 is 2.42 bits per heavy atom. The SMILES string of the molecule is O=c1[nH]c(C2(c3cc(-c4ccccc4)cs3)CC2)nc2c1CN(C[C@H](O)c1cccc(-c3cccc(C(F)(F)F)c3)c1)CCC2. The molecule has 0 spiro atoms. The maximum atomic E-state index is 13.5. The smallest absolute Gasteiger partial charge is 0.387 e. The van der Waals surface area contributed by atoms with Crippen molar-refractivity contribution < 1.29 is 18.3 Å². The third kappa shape index (κ3) is 6.00. The van der Waals surface area contributed by atoms with Crippen LogP contribution in [0.4, 0.5) is 13.2 Å². The van der Waals surface area contributed by atoms with Crippen molar-refractivity contribution >= 4 is 11.3 Å². The number of aliphatic hydroxyl groups excluding tert-OH is 1. The molecule has 0 amide bonds. The number of rotatable bonds is 7. The third-order valence-electron chi connectivity index (χ3n) is 8.98. The van der Waals surface area contributed by atoms with Crippen LogP contribution in [0.1, 0.15) is 58.5 Å². The summed E-state index contributed by atoms with van der Waals surface area (Å²) in [5, 5.41) is 13.4. The molecule has 2 N–H and O–H groups in total. The van der Waals surface area contributed by atoms with Crippen LogP contribution in [-0.2, 0) is 24.6 Å². The number of fused-ring (bicyclic) bond motifs is 1. The predicted octanol–water partition coefficient (Wildman–Crippen LogP) is 7.75. The predicted molar refractivity (Wildman–Crippen MR) is 170 cm³/mol. The van der Waals surface area contributed by atoms with E-state index in [0.717, 1.165) is 42.9 Å². The summed E-state index contributed by atoms with van der Waals surface area (Å²) in [5.74, 6) is 0.743. The van der Waals surface area contributed by atoms with Crippen molar-refractivity contribution in [2.45, 2.75) is 49.9 Å². The highest BCUT2D eigenvalue weighted by Crippen LogP contribution is 2.54. The lowest BCUT2D eigenvalue weighted by molar-refractivity contribution is -0.137. The second-order valence-corrected chi connectivity index (χ2v) is 13.0. The van der Waals surface area contributed by atoms with Gasteiger partial charge >= 0.3 is 6.18 Å². The first-order chi connectivity index (χ1) is 21.7. The van der Waals surface area contributed by atoms with E-state index < -0.39 is 17.8 Å². The summed E-state index contributed by atoms with van der Waals surface area (Å²) in [4.78, 5) is 25.0. The molecular weight excluding hydrogens is 595 g/mol. The highest BCUT2D eigenvalue weighted by Gasteiger charge is 2.50. The van der Waals surface area contributed by atoms with Gasteiger partial charge in [-0.25, -0.2) is 4.98 Å². The van der Waals surface area contributed by atoms with Gasteiger partial charge in [0.25, 0.3) is 5.56 Å². The molecule has 230 valence electrons. The number of nitrogens with zero attached hydrogens (tertiary/aromatic N) is 2. The molecule has 1 fully saturated rings. The fourth-order valence-electron chi connectivity index (χ4n) is 6.31. The van der Waals surface area contributed by atoms with Gasteiger partial charge in [0.1, 0.15) is 5.82 Å². The molecule has 2 aromatic heterocycles. The molecule has 1 atom stereocenters. The van der Waals surface area contributed by atoms with Crippen molar-refractivity contribution in [3.05, 3.63) is 134 Å². The van der Waals surface area contributed by atoms with Gasteiger partial charge in [0.15, 0.2) is 0 Å². The Morgan fingerprint density at radius 2 is 1.67 bits per heavy atom. The van der Waals surface area contributed by atoms with Crippen LogP contribution in [0.5, 0.6) is 0 Å². The minimum atomic E-state index is -4.43. The van der Waals surface area contributed by atoms with Gasteiger partial charge in [-0.15, -0.1) is 11.3 Å². The van der Waals surface area contributed by atoms with Crippen molar-refractivity contribution in [3.8, 4) is 22.3 Å². The number of β-amino-alcohol motifs (C(OH)–C–C–N with tert-alkyl or cyclic N) is 1. The van der Waals surface area contributed by atoms with E-state index in [1.807, 2.05) is 18.2 Å². The largest absolute Gasteiger partial charge is 0.416 e. The molecule has 5 nitrogen and oxygen atoms in total. The van der Waals surface area contributed by atoms with E-state index in [4.69, 9.17) is 4.98 Å². The zero-order valence-electron chi connectivity index (χ0n) is 24.5. The number of thiophene rings is 1. The Balaban J connectivity index is 1.08. The number of benzene rings is 3. The van der Waals surface area contributed by atoms with Gasteiger partial charge in [-0.05, 0) is 89.7 Å². The number of aromatic nitrogens is 2. The van der Waals surface area contributed by atoms with Crippen LogP contribution < -0.4 is 5.56 Å². The van der Waals surface area contributed by atoms with E-state index in [1.54, 1.807) is 41.7 Å². The van der Waals surface area contributed by atoms with Gasteiger partial charge in [-0.3, -0.25) is 9.69 Å². The van der Waals surface area contributed by atoms with Crippen molar-refractivity contribution in [1.29, 1.82) is 0 Å². The third-order valence-corrected chi connectivity index (χ3v) is 10.1. The molecule has 5 aromatic rings. The molecule has 45 heavy (non-hydrogen) atoms. The summed E-state index contributed by atoms with van der Waals surface area (Å²) >= 11 is 1.71. The Morgan fingerprint density at radius 1 is 0.933 bits per heavy atom. The molecule has 1 aliphatic carbocycles. The van der Waals surface area contributed by atoms with Gasteiger partial charge in [-0.2, -0.15) is 13.2 Å². The minimum Gasteiger partial charge on any atom is -0.387 e. The fourth-order valence-corrected chi connectivity index (χ4v) is 7.49. The first-order valence-electron chi connectivity index (χ1n) is 15.1. The molecule has 0 unspecified atom stereocenters. The Bertz CT molecular complexity index is 1900. The Hall–Kier alpha value is -4.05. The lowest BCUT2D eigenvalue weighted by Crippen LogP contribution is -2.32. The van der Waals surface area contributed by atoms with Crippen LogP contribution in [0.15, 0.2) is 95.1 Å². The number of nitrogens with one attached hydrogen (secondary N) is 1. The quantitative estimate of drug-likeness (QED) is 0.194. The van der Waals surface area contributed by atoms with Crippen LogP contribution in [0.2, 0.25) is 0 Å². The second-order valence-electron chi connectivity index (χ2n) is 12.0. The first-order valence-corrected chi connectivity index (χ1v) is 16.0. The van der Waals surface area contributed by atoms with E-state index in [9.17, 15) is 23.1 Å². The lowest BCUT2D eigenvalue weighted by Gasteiger charge is -2.24. The van der Waals surface area contributed by atoms with Crippen molar-refractivity contribution in [2.24, 2.45) is 0 Å². The van der Waals surface area contributed by atoms with Crippen LogP contribution in [0.3, 0.4) is 0 Å². The maximum absolute atomic E-state index is 13.5. The number of halogens is 3. The average Bonchev–Trinajstić information content (AvgIpc) is 3.75. The summed E-state index contributed by atoms with van der Waals surface area (Å²) < 4.78 is 39.8. The zero-order valence-corrected chi connectivity index (χ0v) is 25.3. The monoisotopic (exact) mass is 627 g/mol. The first kappa shape index (κ1) is 29.6. The maximum Gasteiger partial charge on any atom is 0.416 e. The number of aliphatic hydroxyl groups is 1. The van der Waals surface area contributed by atoms with E-state index >= 15 is 0 Å². The number of aryl methyl sites for hydroxylation is 1. The van der Waals surface area contributed by atoms with Gasteiger partial charge in [-0.1, -0.05) is 60.7 Å². The number of hydrogen-bond acceptors (Lipinski definition) is 5. The zero-order chi connectivity index (χ0) is 31.2. The molecule has 7 rings (SSSR count). The number of alkyl halides is 3. The molecule has 9 heteroatoms. The van der Waals surface area contributed by atoms with Gasteiger partial charge in [0.05, 0.1) is 28.3 Å². The summed E-state index contributed by atoms with van der Waals surface area (Å²) in [7, 11) is 0. The molecular formula is C36H32F3N3O2S. The van der Waals surface area contributed by atoms with Crippen molar-refractivity contribution in [1.82, 2.24) is 14.9 Å². The standard InChI is InChI=1S/C36H32F3N3O2S/c37-36(38,39)28-12-5-10-25(18-28)24-9-4-11-26(17-24)31(43)21-42-16-6-13-30-29(20-42)33(44)41-34(40-30)35(14-15-35)32-19-27(22-45-32)23-7-2-1-3-8-23/h1-5,7-12,17-19,22,31,43H,6,13-16,20-21H2,(H,40,41,44)/t31-/m0/s1. The molecule has 3 aromatic carbocycles. The molecule has 0 bridgehead atoms. The molecule has 3 heterocycles. The number of aromatic amines is 1. The topological polar surface area (TPSA) is 69.2 Å². The Labute approximate surface area is 263 Å². The Kier molecular flexibility index (Phi) is 7.71. The normalized spacial score (nSPS) is 17.0. The summed E-state index contributed by atoms with van der Waals surface area (Å²) in [6.07, 6.45) is -1.94. The molecule has 1 aliphatic heterocycles. The van der Waals surface area contributed by atoms with Gasteiger partial charge in [0, 0.05) is 18.0 Å². The van der Waals surface area contributed by atoms with Gasteiger partial charge < -0.3 is 10.1 Å². The molecule has 0 saturated heterocycles. The van der Waals surface area contributed by atoms with E-state index in [1.165, 1.54) is 22.1 Å². The summed E-state index contributed by atoms with van der Waals surface area (Å²) in [6.45, 7) is 1.34. The van der Waals surface area contributed by atoms with Crippen molar-refractivity contribution in [3.63, 3.8) is 0 Å². The van der Waals surface area contributed by atoms with E-state index in [0.29, 0.717) is 41.8 Å². The average molecular weight is 628 g/mol. The van der Waals surface area contributed by atoms with Crippen LogP contribution in [0.25, 0.3) is 22.3 Å². The number of hydrogen-bond donors (Lipinski definition) is 2. The lowest BCUT2D eigenvalue weighted by atomic mass is 9.99. The second kappa shape index (κ2) is 11.7. The van der Waals surface area contributed by atoms with Crippen LogP contribution in [-0.4, -0.2) is 33.1 Å². The molecule has 2 aliphatic rings. The minimum absolute atomic E-state index is 0.131. The van der Waals surface area contributed by atoms with Crippen LogP contribution >= 0.6 is 11.3 Å². The van der Waals surface area contributed by atoms with E-state index in [2.05, 4.69) is 33.5 Å². The van der Waals surface area contributed by atoms with Crippen LogP contribution in [0, 0.1) is 0 Å². The molecule has 0 radical (unpaired) electrons. The number of H-pyrrole nitrogens is 1. The highest BCUT2D eigenvalue weighted by atomic mass is 32.1. The van der Waals surface area contributed by atoms with Crippen molar-refractivity contribution in [2.75, 3.05) is 13.1 Å². The summed E-state index contributed by atoms with van der Waals surface area (Å²) in [5.41, 5.74) is 4.35.